The van der Waals surface area contributed by atoms with E-state index < -0.39 is 0 Å². The average molecular weight is 1130 g/mol. The van der Waals surface area contributed by atoms with Crippen LogP contribution >= 0.6 is 139 Å². The summed E-state index contributed by atoms with van der Waals surface area (Å²) in [6.07, 6.45) is 0. The van der Waals surface area contributed by atoms with Crippen molar-refractivity contribution in [3.63, 3.8) is 0 Å². The summed E-state index contributed by atoms with van der Waals surface area (Å²) < 4.78 is 0. The lowest BCUT2D eigenvalue weighted by Crippen LogP contribution is -2.29. The quantitative estimate of drug-likeness (QED) is 0.147. The van der Waals surface area contributed by atoms with Gasteiger partial charge in [-0.2, -0.15) is 0 Å². The molecule has 0 spiro atoms. The highest BCUT2D eigenvalue weighted by Crippen LogP contribution is 2.54. The maximum atomic E-state index is 15.8. The lowest BCUT2D eigenvalue weighted by molar-refractivity contribution is -0.115. The number of carbonyl (C=O) groups is 2. The molecule has 0 fully saturated rings. The van der Waals surface area contributed by atoms with Gasteiger partial charge in [0, 0.05) is 138 Å². The number of hydrogen-bond donors (Lipinski definition) is 0. The van der Waals surface area contributed by atoms with Crippen molar-refractivity contribution >= 4 is 174 Å². The molecule has 0 radical (unpaired) electrons. The predicted octanol–water partition coefficient (Wildman–Crippen LogP) is 17.6. The molecular formula is C54H36N2O2S12. The smallest absolute Gasteiger partial charge is 0.265 e. The largest absolute Gasteiger partial charge is 0.275 e. The molecule has 0 unspecified atom stereocenters. The van der Waals surface area contributed by atoms with Crippen molar-refractivity contribution in [1.82, 2.24) is 0 Å². The fourth-order valence-electron chi connectivity index (χ4n) is 9.67. The van der Waals surface area contributed by atoms with Crippen molar-refractivity contribution in [3.8, 4) is 41.8 Å². The molecule has 4 aromatic carbocycles. The summed E-state index contributed by atoms with van der Waals surface area (Å²) in [6, 6.07) is 34.0. The molecule has 16 heteroatoms. The number of thiophene rings is 4. The fraction of sp³-hybridized carbons (Fsp3) is 0.148. The summed E-state index contributed by atoms with van der Waals surface area (Å²) in [7, 11) is 0. The number of amides is 2. The Kier molecular flexibility index (Phi) is 12.3. The van der Waals surface area contributed by atoms with Gasteiger partial charge in [0.1, 0.15) is 0 Å². The van der Waals surface area contributed by atoms with Crippen LogP contribution in [0, 0.1) is 0 Å². The molecule has 4 nitrogen and oxygen atoms in total. The van der Waals surface area contributed by atoms with E-state index in [1.54, 1.807) is 45.3 Å². The Morgan fingerprint density at radius 3 is 0.829 bits per heavy atom. The van der Waals surface area contributed by atoms with Crippen LogP contribution in [0.3, 0.4) is 0 Å². The molecule has 10 heterocycles. The van der Waals surface area contributed by atoms with Gasteiger partial charge >= 0.3 is 0 Å². The first-order chi connectivity index (χ1) is 34.6. The highest BCUT2D eigenvalue weighted by Gasteiger charge is 2.50. The molecule has 6 aliphatic heterocycles. The second-order valence-electron chi connectivity index (χ2n) is 16.8. The molecule has 0 N–H and O–H groups in total. The van der Waals surface area contributed by atoms with E-state index in [4.69, 9.17) is 0 Å². The van der Waals surface area contributed by atoms with Crippen molar-refractivity contribution in [1.29, 1.82) is 0 Å². The maximum absolute atomic E-state index is 15.8. The van der Waals surface area contributed by atoms with Crippen LogP contribution in [0.4, 0.5) is 11.4 Å². The van der Waals surface area contributed by atoms with Crippen LogP contribution in [0.5, 0.6) is 0 Å². The fourth-order valence-corrected chi connectivity index (χ4v) is 25.0. The first kappa shape index (κ1) is 45.5. The van der Waals surface area contributed by atoms with Gasteiger partial charge in [-0.1, -0.05) is 72.8 Å². The topological polar surface area (TPSA) is 40.6 Å². The van der Waals surface area contributed by atoms with Crippen molar-refractivity contribution in [3.05, 3.63) is 141 Å². The Morgan fingerprint density at radius 1 is 0.300 bits per heavy atom. The van der Waals surface area contributed by atoms with E-state index in [1.165, 1.54) is 58.7 Å². The van der Waals surface area contributed by atoms with Gasteiger partial charge in [-0.25, -0.2) is 0 Å². The highest BCUT2D eigenvalue weighted by molar-refractivity contribution is 8.07. The van der Waals surface area contributed by atoms with Crippen molar-refractivity contribution in [2.24, 2.45) is 0 Å². The lowest BCUT2D eigenvalue weighted by Gasteiger charge is -2.26. The number of nitrogens with zero attached hydrogens (tertiary/aromatic N) is 2. The number of rotatable bonds is 8. The van der Waals surface area contributed by atoms with E-state index in [9.17, 15) is 0 Å². The average Bonchev–Trinajstić information content (AvgIpc) is 4.29. The van der Waals surface area contributed by atoms with Crippen LogP contribution in [0.2, 0.25) is 0 Å². The molecule has 4 aromatic heterocycles. The number of hydrogen-bond acceptors (Lipinski definition) is 14. The molecular weight excluding hydrogens is 1090 g/mol. The van der Waals surface area contributed by atoms with Gasteiger partial charge in [0.05, 0.1) is 22.5 Å². The first-order valence-electron chi connectivity index (χ1n) is 22.6. The summed E-state index contributed by atoms with van der Waals surface area (Å²) in [5.41, 5.74) is 9.83. The Bertz CT molecular complexity index is 3260. The van der Waals surface area contributed by atoms with Crippen LogP contribution in [0.1, 0.15) is 11.1 Å². The van der Waals surface area contributed by atoms with Gasteiger partial charge in [-0.15, -0.1) is 139 Å². The number of carbonyl (C=O) groups excluding carboxylic acids is 2. The summed E-state index contributed by atoms with van der Waals surface area (Å²) in [4.78, 5) is 51.2. The third-order valence-corrected chi connectivity index (χ3v) is 28.3. The summed E-state index contributed by atoms with van der Waals surface area (Å²) in [5, 5.41) is 9.13. The van der Waals surface area contributed by atoms with Gasteiger partial charge < -0.3 is 0 Å². The summed E-state index contributed by atoms with van der Waals surface area (Å²) >= 11 is 22.7. The van der Waals surface area contributed by atoms with Crippen molar-refractivity contribution in [2.45, 2.75) is 39.2 Å². The Labute approximate surface area is 456 Å². The van der Waals surface area contributed by atoms with E-state index in [2.05, 4.69) is 119 Å². The van der Waals surface area contributed by atoms with Crippen LogP contribution in [0.25, 0.3) is 53.2 Å². The number of thioether (sulfide) groups is 8. The van der Waals surface area contributed by atoms with Crippen LogP contribution in [-0.2, 0) is 9.59 Å². The molecule has 346 valence electrons. The second kappa shape index (κ2) is 19.0. The zero-order chi connectivity index (χ0) is 46.5. The molecule has 6 aliphatic rings. The molecule has 8 aromatic rings. The maximum Gasteiger partial charge on any atom is 0.265 e. The zero-order valence-corrected chi connectivity index (χ0v) is 46.6. The predicted molar refractivity (Wildman–Crippen MR) is 314 cm³/mol. The molecule has 0 saturated heterocycles. The van der Waals surface area contributed by atoms with E-state index in [1.807, 2.05) is 104 Å². The third kappa shape index (κ3) is 7.75. The molecule has 70 heavy (non-hydrogen) atoms. The normalized spacial score (nSPS) is 17.5. The second-order valence-corrected chi connectivity index (χ2v) is 29.3. The van der Waals surface area contributed by atoms with Gasteiger partial charge in [-0.05, 0) is 57.6 Å². The van der Waals surface area contributed by atoms with Gasteiger partial charge in [0.15, 0.2) is 0 Å². The zero-order valence-electron chi connectivity index (χ0n) is 36.8. The van der Waals surface area contributed by atoms with Crippen molar-refractivity contribution < 1.29 is 9.59 Å². The van der Waals surface area contributed by atoms with E-state index >= 15 is 9.59 Å². The molecule has 0 atom stereocenters. The Hall–Kier alpha value is -3.10. The highest BCUT2D eigenvalue weighted by atomic mass is 32.2. The number of benzene rings is 4. The van der Waals surface area contributed by atoms with Gasteiger partial charge in [0.25, 0.3) is 11.8 Å². The number of fused-ring (bicyclic) bond motifs is 5. The van der Waals surface area contributed by atoms with Crippen LogP contribution in [-0.4, -0.2) is 57.8 Å². The third-order valence-electron chi connectivity index (χ3n) is 12.8. The van der Waals surface area contributed by atoms with E-state index in [-0.39, 0.29) is 11.8 Å². The Balaban J connectivity index is 0.922. The SMILES string of the molecule is O=C1C2=C(c3ccc(-c4scc5c4SCCS5)cc3)N(c3ccc(-c4scc5c4SCCS5)cc3)C(=O)C2=C(c2ccc(-c3scc4c3SCCS4)cc2)N1c1ccc(-c2scc3c2SCCS3)cc1. The minimum Gasteiger partial charge on any atom is -0.275 e. The van der Waals surface area contributed by atoms with Gasteiger partial charge in [0.2, 0.25) is 0 Å². The van der Waals surface area contributed by atoms with E-state index in [0.29, 0.717) is 22.5 Å². The minimum absolute atomic E-state index is 0.199. The standard InChI is InChI=1S/C54H36N2O2S12/c57-53-41-42(44(30-3-7-32(8-4-30)46-50-38(26-68-46)60-18-22-64-50)56(53)36-15-11-34(12-16-36)48-52-40(28-70-48)62-20-24-66-52)54(58)55(35-13-9-33(10-14-35)47-51-39(27-69-47)61-19-23-65-51)43(41)29-1-5-31(6-2-29)45-49-37(25-67-45)59-17-21-63-49/h1-16,25-28H,17-24H2. The van der Waals surface area contributed by atoms with Gasteiger partial charge in [-0.3, -0.25) is 19.4 Å². The van der Waals surface area contributed by atoms with Crippen LogP contribution in [0.15, 0.2) is 169 Å². The summed E-state index contributed by atoms with van der Waals surface area (Å²) in [6.45, 7) is 0. The molecule has 0 saturated carbocycles. The minimum atomic E-state index is -0.199. The monoisotopic (exact) mass is 1130 g/mol. The Morgan fingerprint density at radius 2 is 0.543 bits per heavy atom. The molecule has 0 bridgehead atoms. The van der Waals surface area contributed by atoms with E-state index in [0.717, 1.165) is 90.8 Å². The number of anilines is 2. The van der Waals surface area contributed by atoms with Crippen molar-refractivity contribution in [2.75, 3.05) is 55.8 Å². The molecule has 0 aliphatic carbocycles. The lowest BCUT2D eigenvalue weighted by atomic mass is 10.0. The molecule has 14 rings (SSSR count). The first-order valence-corrected chi connectivity index (χ1v) is 34.0. The molecule has 2 amide bonds. The summed E-state index contributed by atoms with van der Waals surface area (Å²) in [5.74, 6) is 8.51. The van der Waals surface area contributed by atoms with Crippen LogP contribution < -0.4 is 9.80 Å².